The molecule has 3 fully saturated rings. The molecule has 0 aromatic carbocycles. The number of hydrogen-bond donors (Lipinski definition) is 2. The molecular weight excluding hydrogens is 360 g/mol. The lowest BCUT2D eigenvalue weighted by atomic mass is 10.1. The highest BCUT2D eigenvalue weighted by atomic mass is 16.5. The highest BCUT2D eigenvalue weighted by molar-refractivity contribution is 5.91. The number of oxazole rings is 1. The van der Waals surface area contributed by atoms with E-state index in [0.29, 0.717) is 13.0 Å². The standard InChI is InChI=1S/C20H30N4O4/c25-19(23-15-5-7-27-8-6-15)9-16-3-4-17(24(16)12-14-1-2-14)10-22-20(26)18-11-21-13-28-18/h11,13-17H,1-10,12H2,(H,22,26)(H,23,25)/t16-,17+/m1/s1. The Bertz CT molecular complexity index is 655. The Morgan fingerprint density at radius 1 is 1.11 bits per heavy atom. The van der Waals surface area contributed by atoms with Crippen LogP contribution in [0.2, 0.25) is 0 Å². The fourth-order valence-electron chi connectivity index (χ4n) is 4.32. The van der Waals surface area contributed by atoms with E-state index in [9.17, 15) is 9.59 Å². The number of likely N-dealkylation sites (tertiary alicyclic amines) is 1. The summed E-state index contributed by atoms with van der Waals surface area (Å²) in [5.41, 5.74) is 0. The maximum Gasteiger partial charge on any atom is 0.288 e. The number of aromatic nitrogens is 1. The van der Waals surface area contributed by atoms with Gasteiger partial charge in [-0.25, -0.2) is 4.98 Å². The summed E-state index contributed by atoms with van der Waals surface area (Å²) in [4.78, 5) is 31.0. The summed E-state index contributed by atoms with van der Waals surface area (Å²) in [5.74, 6) is 0.888. The molecule has 3 aliphatic rings. The van der Waals surface area contributed by atoms with Gasteiger partial charge in [0.25, 0.3) is 5.91 Å². The first-order chi connectivity index (χ1) is 13.7. The lowest BCUT2D eigenvalue weighted by Gasteiger charge is -2.31. The van der Waals surface area contributed by atoms with Gasteiger partial charge in [-0.15, -0.1) is 0 Å². The van der Waals surface area contributed by atoms with E-state index in [1.807, 2.05) is 0 Å². The van der Waals surface area contributed by atoms with Crippen molar-refractivity contribution in [1.29, 1.82) is 0 Å². The van der Waals surface area contributed by atoms with E-state index in [-0.39, 0.29) is 35.7 Å². The SMILES string of the molecule is O=C(C[C@H]1CC[C@@H](CNC(=O)c2cnco2)N1CC1CC1)NC1CCOCC1. The maximum absolute atomic E-state index is 12.6. The molecule has 1 saturated carbocycles. The number of carbonyl (C=O) groups is 2. The normalized spacial score (nSPS) is 26.3. The lowest BCUT2D eigenvalue weighted by molar-refractivity contribution is -0.123. The number of amides is 2. The fraction of sp³-hybridized carbons (Fsp3) is 0.750. The van der Waals surface area contributed by atoms with Crippen LogP contribution in [0.15, 0.2) is 17.0 Å². The zero-order valence-corrected chi connectivity index (χ0v) is 16.3. The van der Waals surface area contributed by atoms with Crippen molar-refractivity contribution in [2.24, 2.45) is 5.92 Å². The van der Waals surface area contributed by atoms with E-state index in [0.717, 1.165) is 51.4 Å². The molecule has 8 heteroatoms. The van der Waals surface area contributed by atoms with Crippen LogP contribution in [0.5, 0.6) is 0 Å². The van der Waals surface area contributed by atoms with Gasteiger partial charge in [0.2, 0.25) is 11.7 Å². The molecule has 2 N–H and O–H groups in total. The summed E-state index contributed by atoms with van der Waals surface area (Å²) in [6.07, 6.45) is 9.57. The Kier molecular flexibility index (Phi) is 6.26. The van der Waals surface area contributed by atoms with Crippen molar-refractivity contribution >= 4 is 11.8 Å². The van der Waals surface area contributed by atoms with Gasteiger partial charge in [0.15, 0.2) is 6.39 Å². The second kappa shape index (κ2) is 9.05. The summed E-state index contributed by atoms with van der Waals surface area (Å²) in [6.45, 7) is 3.06. The number of nitrogens with zero attached hydrogens (tertiary/aromatic N) is 2. The average molecular weight is 390 g/mol. The predicted octanol–water partition coefficient (Wildman–Crippen LogP) is 1.33. The molecule has 28 heavy (non-hydrogen) atoms. The van der Waals surface area contributed by atoms with E-state index in [4.69, 9.17) is 9.15 Å². The van der Waals surface area contributed by atoms with Crippen molar-refractivity contribution in [3.05, 3.63) is 18.4 Å². The van der Waals surface area contributed by atoms with E-state index >= 15 is 0 Å². The Hall–Kier alpha value is -1.93. The van der Waals surface area contributed by atoms with Crippen LogP contribution in [0.4, 0.5) is 0 Å². The van der Waals surface area contributed by atoms with Crippen LogP contribution in [0.25, 0.3) is 0 Å². The molecule has 0 radical (unpaired) electrons. The van der Waals surface area contributed by atoms with Gasteiger partial charge < -0.3 is 19.8 Å². The average Bonchev–Trinajstić information content (AvgIpc) is 3.20. The molecule has 1 aliphatic carbocycles. The molecule has 0 bridgehead atoms. The minimum Gasteiger partial charge on any atom is -0.438 e. The Balaban J connectivity index is 1.29. The number of ether oxygens (including phenoxy) is 1. The third-order valence-electron chi connectivity index (χ3n) is 6.10. The van der Waals surface area contributed by atoms with Crippen LogP contribution in [-0.2, 0) is 9.53 Å². The molecule has 1 aromatic heterocycles. The summed E-state index contributed by atoms with van der Waals surface area (Å²) in [7, 11) is 0. The van der Waals surface area contributed by atoms with Crippen LogP contribution in [-0.4, -0.2) is 66.1 Å². The number of rotatable bonds is 8. The molecule has 4 rings (SSSR count). The fourth-order valence-corrected chi connectivity index (χ4v) is 4.32. The van der Waals surface area contributed by atoms with Crippen LogP contribution in [0.1, 0.15) is 55.5 Å². The monoisotopic (exact) mass is 390 g/mol. The van der Waals surface area contributed by atoms with Gasteiger partial charge in [-0.1, -0.05) is 0 Å². The first kappa shape index (κ1) is 19.4. The summed E-state index contributed by atoms with van der Waals surface area (Å²) < 4.78 is 10.4. The van der Waals surface area contributed by atoms with Gasteiger partial charge in [0, 0.05) is 50.8 Å². The first-order valence-electron chi connectivity index (χ1n) is 10.5. The van der Waals surface area contributed by atoms with Crippen LogP contribution in [0.3, 0.4) is 0 Å². The maximum atomic E-state index is 12.6. The van der Waals surface area contributed by atoms with Gasteiger partial charge in [-0.3, -0.25) is 14.5 Å². The molecule has 1 aromatic rings. The minimum absolute atomic E-state index is 0.143. The lowest BCUT2D eigenvalue weighted by Crippen LogP contribution is -2.46. The zero-order valence-electron chi connectivity index (χ0n) is 16.3. The second-order valence-corrected chi connectivity index (χ2v) is 8.26. The van der Waals surface area contributed by atoms with Gasteiger partial charge in [0.1, 0.15) is 0 Å². The minimum atomic E-state index is -0.232. The largest absolute Gasteiger partial charge is 0.438 e. The summed E-state index contributed by atoms with van der Waals surface area (Å²) in [6, 6.07) is 0.775. The Labute approximate surface area is 165 Å². The van der Waals surface area contributed by atoms with Crippen molar-refractivity contribution in [3.8, 4) is 0 Å². The number of nitrogens with one attached hydrogen (secondary N) is 2. The molecular formula is C20H30N4O4. The van der Waals surface area contributed by atoms with E-state index in [1.54, 1.807) is 0 Å². The third kappa shape index (κ3) is 5.11. The quantitative estimate of drug-likeness (QED) is 0.695. The predicted molar refractivity (Wildman–Crippen MR) is 102 cm³/mol. The van der Waals surface area contributed by atoms with Gasteiger partial charge in [-0.05, 0) is 44.4 Å². The van der Waals surface area contributed by atoms with Gasteiger partial charge in [0.05, 0.1) is 6.20 Å². The van der Waals surface area contributed by atoms with Crippen molar-refractivity contribution in [1.82, 2.24) is 20.5 Å². The van der Waals surface area contributed by atoms with Crippen molar-refractivity contribution in [2.45, 2.75) is 63.1 Å². The summed E-state index contributed by atoms with van der Waals surface area (Å²) in [5, 5.41) is 6.15. The second-order valence-electron chi connectivity index (χ2n) is 8.26. The highest BCUT2D eigenvalue weighted by Crippen LogP contribution is 2.35. The third-order valence-corrected chi connectivity index (χ3v) is 6.10. The van der Waals surface area contributed by atoms with Crippen molar-refractivity contribution in [2.75, 3.05) is 26.3 Å². The number of hydrogen-bond acceptors (Lipinski definition) is 6. The summed E-state index contributed by atoms with van der Waals surface area (Å²) >= 11 is 0. The van der Waals surface area contributed by atoms with Gasteiger partial charge >= 0.3 is 0 Å². The van der Waals surface area contributed by atoms with E-state index < -0.39 is 0 Å². The zero-order chi connectivity index (χ0) is 19.3. The first-order valence-corrected chi connectivity index (χ1v) is 10.5. The van der Waals surface area contributed by atoms with Crippen LogP contribution in [0, 0.1) is 5.92 Å². The molecule has 2 saturated heterocycles. The molecule has 0 spiro atoms. The Morgan fingerprint density at radius 3 is 2.61 bits per heavy atom. The number of carbonyl (C=O) groups excluding carboxylic acids is 2. The van der Waals surface area contributed by atoms with E-state index in [1.165, 1.54) is 25.4 Å². The molecule has 154 valence electrons. The molecule has 2 aliphatic heterocycles. The topological polar surface area (TPSA) is 96.7 Å². The highest BCUT2D eigenvalue weighted by Gasteiger charge is 2.38. The van der Waals surface area contributed by atoms with Gasteiger partial charge in [-0.2, -0.15) is 0 Å². The molecule has 3 heterocycles. The molecule has 2 atom stereocenters. The van der Waals surface area contributed by atoms with Crippen molar-refractivity contribution in [3.63, 3.8) is 0 Å². The van der Waals surface area contributed by atoms with Crippen LogP contribution >= 0.6 is 0 Å². The Morgan fingerprint density at radius 2 is 1.89 bits per heavy atom. The van der Waals surface area contributed by atoms with Crippen molar-refractivity contribution < 1.29 is 18.7 Å². The molecule has 2 amide bonds. The smallest absolute Gasteiger partial charge is 0.288 e. The van der Waals surface area contributed by atoms with Crippen LogP contribution < -0.4 is 10.6 Å². The molecule has 0 unspecified atom stereocenters. The van der Waals surface area contributed by atoms with E-state index in [2.05, 4.69) is 20.5 Å². The molecule has 8 nitrogen and oxygen atoms in total.